The van der Waals surface area contributed by atoms with Crippen LogP contribution in [0, 0.1) is 11.3 Å². The molecule has 0 fully saturated rings. The van der Waals surface area contributed by atoms with Crippen molar-refractivity contribution < 1.29 is 9.53 Å². The smallest absolute Gasteiger partial charge is 0.270 e. The molecule has 0 unspecified atom stereocenters. The van der Waals surface area contributed by atoms with Crippen LogP contribution in [0.4, 0.5) is 0 Å². The molecule has 0 bridgehead atoms. The largest absolute Gasteiger partial charge is 0.489 e. The molecule has 4 aromatic rings. The van der Waals surface area contributed by atoms with Crippen molar-refractivity contribution >= 4 is 17.5 Å². The van der Waals surface area contributed by atoms with Gasteiger partial charge >= 0.3 is 0 Å². The molecular weight excluding hydrogens is 438 g/mol. The number of nitriles is 1. The number of halogens is 1. The van der Waals surface area contributed by atoms with Gasteiger partial charge in [-0.25, -0.2) is 0 Å². The van der Waals surface area contributed by atoms with Crippen molar-refractivity contribution in [3.8, 4) is 34.2 Å². The molecule has 0 atom stereocenters. The van der Waals surface area contributed by atoms with Gasteiger partial charge in [-0.15, -0.1) is 0 Å². The Morgan fingerprint density at radius 1 is 1.09 bits per heavy atom. The Balaban J connectivity index is 1.44. The molecule has 3 heterocycles. The maximum atomic E-state index is 12.7. The van der Waals surface area contributed by atoms with E-state index in [0.717, 1.165) is 27.9 Å². The summed E-state index contributed by atoms with van der Waals surface area (Å²) in [6, 6.07) is 18.6. The van der Waals surface area contributed by atoms with Crippen molar-refractivity contribution in [2.24, 2.45) is 0 Å². The van der Waals surface area contributed by atoms with Crippen LogP contribution in [0.1, 0.15) is 21.6 Å². The topological polar surface area (TPSA) is 92.8 Å². The van der Waals surface area contributed by atoms with Crippen LogP contribution in [0.25, 0.3) is 22.4 Å². The highest BCUT2D eigenvalue weighted by atomic mass is 35.5. The molecule has 1 N–H and O–H groups in total. The van der Waals surface area contributed by atoms with Crippen LogP contribution in [-0.2, 0) is 13.2 Å². The second kappa shape index (κ2) is 8.77. The van der Waals surface area contributed by atoms with Gasteiger partial charge in [-0.05, 0) is 47.5 Å². The summed E-state index contributed by atoms with van der Waals surface area (Å²) in [5, 5.41) is 17.0. The number of pyridine rings is 1. The minimum Gasteiger partial charge on any atom is -0.489 e. The van der Waals surface area contributed by atoms with E-state index in [1.54, 1.807) is 29.2 Å². The molecule has 0 radical (unpaired) electrons. The fraction of sp³-hybridized carbons (Fsp3) is 0.120. The van der Waals surface area contributed by atoms with E-state index in [0.29, 0.717) is 41.7 Å². The Hall–Kier alpha value is -4.15. The zero-order valence-electron chi connectivity index (χ0n) is 17.5. The minimum absolute atomic E-state index is 0.137. The Morgan fingerprint density at radius 3 is 2.61 bits per heavy atom. The predicted octanol–water partition coefficient (Wildman–Crippen LogP) is 4.46. The van der Waals surface area contributed by atoms with Gasteiger partial charge < -0.3 is 10.1 Å². The van der Waals surface area contributed by atoms with E-state index in [4.69, 9.17) is 26.7 Å². The van der Waals surface area contributed by atoms with E-state index in [1.165, 1.54) is 0 Å². The molecule has 162 valence electrons. The van der Waals surface area contributed by atoms with E-state index >= 15 is 0 Å². The number of aromatic nitrogens is 3. The number of carbonyl (C=O) groups excluding carboxylic acids is 1. The van der Waals surface area contributed by atoms with Gasteiger partial charge in [-0.3, -0.25) is 14.5 Å². The number of amides is 1. The van der Waals surface area contributed by atoms with Crippen LogP contribution >= 0.6 is 11.6 Å². The van der Waals surface area contributed by atoms with E-state index in [9.17, 15) is 4.79 Å². The van der Waals surface area contributed by atoms with E-state index in [1.807, 2.05) is 48.5 Å². The summed E-state index contributed by atoms with van der Waals surface area (Å²) in [6.07, 6.45) is 3.42. The van der Waals surface area contributed by atoms with Gasteiger partial charge in [-0.1, -0.05) is 29.8 Å². The van der Waals surface area contributed by atoms with Crippen LogP contribution < -0.4 is 10.1 Å². The standard InChI is InChI=1S/C25H18ClN5O2/c26-21-13-16(1-2-19(21)14-27)15-33-20-5-3-17(4-6-20)22-23(18-7-9-28-10-8-18)30-31-12-11-29-25(32)24(22)31/h1-10,13H,11-12,15H2,(H,29,32). The van der Waals surface area contributed by atoms with Gasteiger partial charge in [0.05, 0.1) is 17.1 Å². The Kier molecular flexibility index (Phi) is 5.51. The SMILES string of the molecule is N#Cc1ccc(COc2ccc(-c3c(-c4ccncc4)nn4c3C(=O)NCC4)cc2)cc1Cl. The number of nitrogens with zero attached hydrogens (tertiary/aromatic N) is 4. The molecule has 0 saturated heterocycles. The van der Waals surface area contributed by atoms with E-state index in [-0.39, 0.29) is 5.91 Å². The number of fused-ring (bicyclic) bond motifs is 1. The maximum Gasteiger partial charge on any atom is 0.270 e. The third-order valence-electron chi connectivity index (χ3n) is 5.43. The monoisotopic (exact) mass is 455 g/mol. The van der Waals surface area contributed by atoms with Crippen molar-refractivity contribution in [2.45, 2.75) is 13.2 Å². The molecule has 33 heavy (non-hydrogen) atoms. The van der Waals surface area contributed by atoms with Crippen LogP contribution in [0.15, 0.2) is 67.0 Å². The maximum absolute atomic E-state index is 12.7. The fourth-order valence-corrected chi connectivity index (χ4v) is 4.07. The van der Waals surface area contributed by atoms with Crippen molar-refractivity contribution in [3.05, 3.63) is 88.8 Å². The van der Waals surface area contributed by atoms with Gasteiger partial charge in [0, 0.05) is 30.1 Å². The van der Waals surface area contributed by atoms with Gasteiger partial charge in [0.1, 0.15) is 29.8 Å². The van der Waals surface area contributed by atoms with Crippen molar-refractivity contribution in [1.82, 2.24) is 20.1 Å². The summed E-state index contributed by atoms with van der Waals surface area (Å²) < 4.78 is 7.66. The first-order valence-electron chi connectivity index (χ1n) is 10.3. The molecule has 7 nitrogen and oxygen atoms in total. The first-order chi connectivity index (χ1) is 16.1. The molecular formula is C25H18ClN5O2. The summed E-state index contributed by atoms with van der Waals surface area (Å²) in [5.74, 6) is 0.539. The van der Waals surface area contributed by atoms with E-state index in [2.05, 4.69) is 10.3 Å². The molecule has 0 saturated carbocycles. The highest BCUT2D eigenvalue weighted by Gasteiger charge is 2.27. The fourth-order valence-electron chi connectivity index (χ4n) is 3.82. The molecule has 5 rings (SSSR count). The lowest BCUT2D eigenvalue weighted by Crippen LogP contribution is -2.35. The van der Waals surface area contributed by atoms with Crippen molar-refractivity contribution in [3.63, 3.8) is 0 Å². The molecule has 1 aliphatic heterocycles. The van der Waals surface area contributed by atoms with Crippen molar-refractivity contribution in [2.75, 3.05) is 6.54 Å². The summed E-state index contributed by atoms with van der Waals surface area (Å²) in [5.41, 5.74) is 5.14. The van der Waals surface area contributed by atoms with Gasteiger partial charge in [0.25, 0.3) is 5.91 Å². The zero-order chi connectivity index (χ0) is 22.8. The molecule has 1 aliphatic rings. The van der Waals surface area contributed by atoms with Crippen LogP contribution in [0.5, 0.6) is 5.75 Å². The highest BCUT2D eigenvalue weighted by molar-refractivity contribution is 6.31. The highest BCUT2D eigenvalue weighted by Crippen LogP contribution is 2.36. The van der Waals surface area contributed by atoms with Gasteiger partial charge in [0.15, 0.2) is 0 Å². The zero-order valence-corrected chi connectivity index (χ0v) is 18.2. The normalized spacial score (nSPS) is 12.5. The molecule has 0 aliphatic carbocycles. The average molecular weight is 456 g/mol. The third kappa shape index (κ3) is 4.04. The number of rotatable bonds is 5. The van der Waals surface area contributed by atoms with Crippen molar-refractivity contribution in [1.29, 1.82) is 5.26 Å². The Bertz CT molecular complexity index is 1370. The number of carbonyl (C=O) groups is 1. The predicted molar refractivity (Wildman–Crippen MR) is 124 cm³/mol. The molecule has 1 amide bonds. The Labute approximate surface area is 195 Å². The molecule has 8 heteroatoms. The number of hydrogen-bond acceptors (Lipinski definition) is 5. The third-order valence-corrected chi connectivity index (χ3v) is 5.75. The lowest BCUT2D eigenvalue weighted by Gasteiger charge is -2.15. The first kappa shape index (κ1) is 20.7. The quantitative estimate of drug-likeness (QED) is 0.479. The van der Waals surface area contributed by atoms with Crippen LogP contribution in [-0.4, -0.2) is 27.2 Å². The number of hydrogen-bond donors (Lipinski definition) is 1. The van der Waals surface area contributed by atoms with E-state index < -0.39 is 0 Å². The van der Waals surface area contributed by atoms with Gasteiger partial charge in [0.2, 0.25) is 0 Å². The molecule has 0 spiro atoms. The molecule has 2 aromatic heterocycles. The van der Waals surface area contributed by atoms with Gasteiger partial charge in [-0.2, -0.15) is 10.4 Å². The average Bonchev–Trinajstić information content (AvgIpc) is 3.25. The lowest BCUT2D eigenvalue weighted by molar-refractivity contribution is 0.0925. The number of nitrogens with one attached hydrogen (secondary N) is 1. The summed E-state index contributed by atoms with van der Waals surface area (Å²) in [6.45, 7) is 1.49. The summed E-state index contributed by atoms with van der Waals surface area (Å²) in [4.78, 5) is 16.8. The summed E-state index contributed by atoms with van der Waals surface area (Å²) >= 11 is 6.10. The first-order valence-corrected chi connectivity index (χ1v) is 10.7. The Morgan fingerprint density at radius 2 is 1.88 bits per heavy atom. The summed E-state index contributed by atoms with van der Waals surface area (Å²) in [7, 11) is 0. The lowest BCUT2D eigenvalue weighted by atomic mass is 9.98. The second-order valence-corrected chi connectivity index (χ2v) is 7.93. The number of ether oxygens (including phenoxy) is 1. The van der Waals surface area contributed by atoms with Crippen LogP contribution in [0.2, 0.25) is 5.02 Å². The second-order valence-electron chi connectivity index (χ2n) is 7.53. The van der Waals surface area contributed by atoms with Crippen LogP contribution in [0.3, 0.4) is 0 Å². The number of benzene rings is 2. The minimum atomic E-state index is -0.137. The molecule has 2 aromatic carbocycles.